The minimum atomic E-state index is -4.50. The summed E-state index contributed by atoms with van der Waals surface area (Å²) < 4.78 is 52.8. The maximum absolute atomic E-state index is 13.3. The zero-order valence-electron chi connectivity index (χ0n) is 16.9. The molecule has 0 atom stereocenters. The number of halogens is 3. The van der Waals surface area contributed by atoms with E-state index in [-0.39, 0.29) is 5.69 Å². The molecule has 0 fully saturated rings. The molecule has 0 saturated heterocycles. The minimum Gasteiger partial charge on any atom is -0.497 e. The fraction of sp³-hybridized carbons (Fsp3) is 0.190. The lowest BCUT2D eigenvalue weighted by Gasteiger charge is -2.10. The third-order valence-electron chi connectivity index (χ3n) is 4.62. The molecular weight excluding hydrogens is 411 g/mol. The van der Waals surface area contributed by atoms with E-state index in [1.54, 1.807) is 67.6 Å². The van der Waals surface area contributed by atoms with Gasteiger partial charge < -0.3 is 9.47 Å². The van der Waals surface area contributed by atoms with Crippen molar-refractivity contribution >= 4 is 0 Å². The fourth-order valence-electron chi connectivity index (χ4n) is 3.12. The predicted molar refractivity (Wildman–Crippen MR) is 107 cm³/mol. The summed E-state index contributed by atoms with van der Waals surface area (Å²) in [6.45, 7) is 1.52. The Morgan fingerprint density at radius 1 is 0.871 bits per heavy atom. The summed E-state index contributed by atoms with van der Waals surface area (Å²) in [4.78, 5) is 0. The molecule has 160 valence electrons. The van der Waals surface area contributed by atoms with Crippen LogP contribution in [0.15, 0.2) is 54.7 Å². The van der Waals surface area contributed by atoms with Crippen LogP contribution < -0.4 is 9.47 Å². The first kappa shape index (κ1) is 20.5. The molecule has 31 heavy (non-hydrogen) atoms. The van der Waals surface area contributed by atoms with Gasteiger partial charge >= 0.3 is 6.18 Å². The number of rotatable bonds is 5. The summed E-state index contributed by atoms with van der Waals surface area (Å²) in [5.41, 5.74) is 1.70. The highest BCUT2D eigenvalue weighted by Gasteiger charge is 2.35. The predicted octanol–water partition coefficient (Wildman–Crippen LogP) is 4.46. The molecule has 0 spiro atoms. The van der Waals surface area contributed by atoms with Crippen LogP contribution in [0, 0.1) is 6.92 Å². The van der Waals surface area contributed by atoms with Crippen molar-refractivity contribution in [3.63, 3.8) is 0 Å². The third-order valence-corrected chi connectivity index (χ3v) is 4.62. The SMILES string of the molecule is COc1cc(OC)cc(-n2cc(-c3ccc(-n4nc(C)cc4C(F)(F)F)cc3)nn2)c1. The quantitative estimate of drug-likeness (QED) is 0.469. The Morgan fingerprint density at radius 3 is 2.10 bits per heavy atom. The van der Waals surface area contributed by atoms with E-state index in [1.807, 2.05) is 0 Å². The maximum Gasteiger partial charge on any atom is 0.433 e. The van der Waals surface area contributed by atoms with Crippen LogP contribution in [-0.2, 0) is 6.18 Å². The number of hydrogen-bond acceptors (Lipinski definition) is 5. The average Bonchev–Trinajstić information content (AvgIpc) is 3.40. The number of ether oxygens (including phenoxy) is 2. The van der Waals surface area contributed by atoms with Crippen LogP contribution in [-0.4, -0.2) is 39.0 Å². The molecule has 10 heteroatoms. The van der Waals surface area contributed by atoms with Gasteiger partial charge in [-0.25, -0.2) is 9.36 Å². The average molecular weight is 429 g/mol. The van der Waals surface area contributed by atoms with Gasteiger partial charge in [-0.05, 0) is 25.1 Å². The van der Waals surface area contributed by atoms with Crippen LogP contribution in [0.1, 0.15) is 11.4 Å². The smallest absolute Gasteiger partial charge is 0.433 e. The second-order valence-electron chi connectivity index (χ2n) is 6.75. The molecule has 0 radical (unpaired) electrons. The van der Waals surface area contributed by atoms with E-state index in [9.17, 15) is 13.2 Å². The normalized spacial score (nSPS) is 11.5. The van der Waals surface area contributed by atoms with E-state index in [4.69, 9.17) is 9.47 Å². The van der Waals surface area contributed by atoms with Crippen LogP contribution in [0.25, 0.3) is 22.6 Å². The largest absolute Gasteiger partial charge is 0.497 e. The van der Waals surface area contributed by atoms with Crippen LogP contribution >= 0.6 is 0 Å². The highest BCUT2D eigenvalue weighted by molar-refractivity contribution is 5.60. The molecule has 0 aliphatic heterocycles. The first-order valence-electron chi connectivity index (χ1n) is 9.19. The molecular formula is C21H18F3N5O2. The van der Waals surface area contributed by atoms with E-state index >= 15 is 0 Å². The van der Waals surface area contributed by atoms with Gasteiger partial charge in [0.15, 0.2) is 0 Å². The van der Waals surface area contributed by atoms with Gasteiger partial charge in [0.2, 0.25) is 0 Å². The molecule has 0 unspecified atom stereocenters. The third kappa shape index (κ3) is 4.09. The van der Waals surface area contributed by atoms with Crippen molar-refractivity contribution in [3.05, 3.63) is 66.1 Å². The summed E-state index contributed by atoms with van der Waals surface area (Å²) in [5, 5.41) is 12.3. The molecule has 0 aliphatic carbocycles. The molecule has 0 amide bonds. The number of aromatic nitrogens is 5. The summed E-state index contributed by atoms with van der Waals surface area (Å²) in [6, 6.07) is 12.8. The van der Waals surface area contributed by atoms with Gasteiger partial charge in [0.05, 0.1) is 37.5 Å². The van der Waals surface area contributed by atoms with Gasteiger partial charge in [-0.2, -0.15) is 18.3 Å². The Labute approximate surface area is 175 Å². The standard InChI is InChI=1S/C21H18F3N5O2/c1-13-8-20(21(22,23)24)29(26-13)15-6-4-14(5-7-15)19-12-28(27-25-19)16-9-17(30-2)11-18(10-16)31-3/h4-12H,1-3H3. The number of benzene rings is 2. The number of alkyl halides is 3. The van der Waals surface area contributed by atoms with Crippen molar-refractivity contribution in [3.8, 4) is 34.1 Å². The van der Waals surface area contributed by atoms with Crippen LogP contribution in [0.2, 0.25) is 0 Å². The van der Waals surface area contributed by atoms with Crippen LogP contribution in [0.5, 0.6) is 11.5 Å². The Hall–Kier alpha value is -3.82. The zero-order chi connectivity index (χ0) is 22.2. The maximum atomic E-state index is 13.3. The summed E-state index contributed by atoms with van der Waals surface area (Å²) >= 11 is 0. The minimum absolute atomic E-state index is 0.285. The molecule has 0 saturated carbocycles. The second-order valence-corrected chi connectivity index (χ2v) is 6.75. The number of hydrogen-bond donors (Lipinski definition) is 0. The zero-order valence-corrected chi connectivity index (χ0v) is 16.9. The highest BCUT2D eigenvalue weighted by Crippen LogP contribution is 2.32. The molecule has 0 N–H and O–H groups in total. The summed E-state index contributed by atoms with van der Waals surface area (Å²) in [6.07, 6.45) is -2.79. The van der Waals surface area contributed by atoms with Gasteiger partial charge in [-0.15, -0.1) is 5.10 Å². The van der Waals surface area contributed by atoms with Gasteiger partial charge in [0.25, 0.3) is 0 Å². The lowest BCUT2D eigenvalue weighted by Crippen LogP contribution is -2.13. The van der Waals surface area contributed by atoms with Gasteiger partial charge in [-0.1, -0.05) is 17.3 Å². The van der Waals surface area contributed by atoms with E-state index in [1.165, 1.54) is 6.92 Å². The molecule has 0 aliphatic rings. The summed E-state index contributed by atoms with van der Waals surface area (Å²) in [7, 11) is 3.11. The Morgan fingerprint density at radius 2 is 1.52 bits per heavy atom. The topological polar surface area (TPSA) is 67.0 Å². The van der Waals surface area contributed by atoms with E-state index in [2.05, 4.69) is 15.4 Å². The molecule has 4 rings (SSSR count). The van der Waals surface area contributed by atoms with Crippen molar-refractivity contribution < 1.29 is 22.6 Å². The highest BCUT2D eigenvalue weighted by atomic mass is 19.4. The van der Waals surface area contributed by atoms with Crippen LogP contribution in [0.3, 0.4) is 0 Å². The lowest BCUT2D eigenvalue weighted by atomic mass is 10.1. The molecule has 4 aromatic rings. The molecule has 7 nitrogen and oxygen atoms in total. The van der Waals surface area contributed by atoms with Gasteiger partial charge in [0, 0.05) is 23.8 Å². The summed E-state index contributed by atoms with van der Waals surface area (Å²) in [5.74, 6) is 1.21. The number of aryl methyl sites for hydroxylation is 1. The Balaban J connectivity index is 1.65. The number of methoxy groups -OCH3 is 2. The molecule has 2 heterocycles. The fourth-order valence-corrected chi connectivity index (χ4v) is 3.12. The van der Waals surface area contributed by atoms with E-state index in [0.717, 1.165) is 10.7 Å². The first-order valence-corrected chi connectivity index (χ1v) is 9.19. The molecule has 0 bridgehead atoms. The van der Waals surface area contributed by atoms with Crippen molar-refractivity contribution in [2.75, 3.05) is 14.2 Å². The first-order chi connectivity index (χ1) is 14.8. The Bertz CT molecular complexity index is 1190. The van der Waals surface area contributed by atoms with Crippen molar-refractivity contribution in [2.45, 2.75) is 13.1 Å². The lowest BCUT2D eigenvalue weighted by molar-refractivity contribution is -0.142. The molecule has 2 aromatic carbocycles. The number of nitrogens with zero attached hydrogens (tertiary/aromatic N) is 5. The van der Waals surface area contributed by atoms with Crippen molar-refractivity contribution in [2.24, 2.45) is 0 Å². The van der Waals surface area contributed by atoms with Gasteiger partial charge in [0.1, 0.15) is 22.9 Å². The monoisotopic (exact) mass is 429 g/mol. The van der Waals surface area contributed by atoms with Crippen LogP contribution in [0.4, 0.5) is 13.2 Å². The second kappa shape index (κ2) is 7.78. The van der Waals surface area contributed by atoms with E-state index < -0.39 is 11.9 Å². The van der Waals surface area contributed by atoms with Crippen molar-refractivity contribution in [1.82, 2.24) is 24.8 Å². The van der Waals surface area contributed by atoms with Crippen molar-refractivity contribution in [1.29, 1.82) is 0 Å². The molecule has 2 aromatic heterocycles. The Kier molecular flexibility index (Phi) is 5.14. The van der Waals surface area contributed by atoms with E-state index in [0.29, 0.717) is 34.1 Å². The van der Waals surface area contributed by atoms with Gasteiger partial charge in [-0.3, -0.25) is 0 Å².